The van der Waals surface area contributed by atoms with Crippen LogP contribution in [0.25, 0.3) is 0 Å². The van der Waals surface area contributed by atoms with E-state index in [0.29, 0.717) is 17.3 Å². The van der Waals surface area contributed by atoms with Crippen LogP contribution in [0.4, 0.5) is 8.78 Å². The molecule has 3 nitrogen and oxygen atoms in total. The summed E-state index contributed by atoms with van der Waals surface area (Å²) >= 11 is 6.14. The van der Waals surface area contributed by atoms with Crippen molar-refractivity contribution in [3.63, 3.8) is 0 Å². The molecule has 0 spiro atoms. The molecule has 0 saturated carbocycles. The summed E-state index contributed by atoms with van der Waals surface area (Å²) < 4.78 is 29.6. The van der Waals surface area contributed by atoms with Crippen LogP contribution in [0.2, 0.25) is 5.02 Å². The summed E-state index contributed by atoms with van der Waals surface area (Å²) in [5.74, 6) is -1.21. The molecular weight excluding hydrogens is 284 g/mol. The van der Waals surface area contributed by atoms with Gasteiger partial charge in [-0.15, -0.1) is 0 Å². The van der Waals surface area contributed by atoms with E-state index in [2.05, 4.69) is 10.4 Å². The fourth-order valence-corrected chi connectivity index (χ4v) is 2.50. The van der Waals surface area contributed by atoms with Gasteiger partial charge in [-0.3, -0.25) is 4.68 Å². The number of nitrogens with one attached hydrogen (secondary N) is 1. The first-order valence-corrected chi connectivity index (χ1v) is 6.80. The smallest absolute Gasteiger partial charge is 0.131 e. The molecule has 1 unspecified atom stereocenters. The van der Waals surface area contributed by atoms with Gasteiger partial charge in [-0.05, 0) is 25.6 Å². The summed E-state index contributed by atoms with van der Waals surface area (Å²) in [5.41, 5.74) is 0.523. The Morgan fingerprint density at radius 3 is 2.55 bits per heavy atom. The SMILES string of the molecule is CCCn1ncc(Cl)c1C(NC)c1c(F)cccc1F. The van der Waals surface area contributed by atoms with Crippen molar-refractivity contribution in [2.24, 2.45) is 0 Å². The normalized spacial score (nSPS) is 12.7. The zero-order valence-corrected chi connectivity index (χ0v) is 12.1. The van der Waals surface area contributed by atoms with E-state index >= 15 is 0 Å². The summed E-state index contributed by atoms with van der Waals surface area (Å²) in [6.45, 7) is 2.63. The minimum absolute atomic E-state index is 0.0465. The third kappa shape index (κ3) is 2.69. The van der Waals surface area contributed by atoms with Gasteiger partial charge in [0.25, 0.3) is 0 Å². The molecule has 6 heteroatoms. The maximum absolute atomic E-state index is 14.0. The predicted molar refractivity (Wildman–Crippen MR) is 74.8 cm³/mol. The first kappa shape index (κ1) is 14.9. The van der Waals surface area contributed by atoms with Crippen molar-refractivity contribution in [1.29, 1.82) is 0 Å². The monoisotopic (exact) mass is 299 g/mol. The van der Waals surface area contributed by atoms with E-state index in [9.17, 15) is 8.78 Å². The minimum atomic E-state index is -0.683. The molecule has 1 N–H and O–H groups in total. The second-order valence-electron chi connectivity index (χ2n) is 4.46. The Hall–Kier alpha value is -1.46. The van der Waals surface area contributed by atoms with Crippen LogP contribution in [-0.2, 0) is 6.54 Å². The fourth-order valence-electron chi connectivity index (χ4n) is 2.25. The van der Waals surface area contributed by atoms with Crippen LogP contribution in [0.1, 0.15) is 30.6 Å². The lowest BCUT2D eigenvalue weighted by Gasteiger charge is -2.20. The number of aryl methyl sites for hydroxylation is 1. The topological polar surface area (TPSA) is 29.9 Å². The molecule has 0 saturated heterocycles. The first-order valence-electron chi connectivity index (χ1n) is 6.42. The highest BCUT2D eigenvalue weighted by Gasteiger charge is 2.26. The molecule has 1 heterocycles. The van der Waals surface area contributed by atoms with Crippen LogP contribution in [0, 0.1) is 11.6 Å². The molecule has 108 valence electrons. The molecule has 0 bridgehead atoms. The van der Waals surface area contributed by atoms with Gasteiger partial charge < -0.3 is 5.32 Å². The van der Waals surface area contributed by atoms with Crippen LogP contribution in [0.3, 0.4) is 0 Å². The minimum Gasteiger partial charge on any atom is -0.308 e. The van der Waals surface area contributed by atoms with E-state index in [4.69, 9.17) is 11.6 Å². The number of hydrogen-bond donors (Lipinski definition) is 1. The molecule has 0 amide bonds. The quantitative estimate of drug-likeness (QED) is 0.915. The molecule has 2 aromatic rings. The lowest BCUT2D eigenvalue weighted by Crippen LogP contribution is -2.24. The second-order valence-corrected chi connectivity index (χ2v) is 4.87. The lowest BCUT2D eigenvalue weighted by molar-refractivity contribution is 0.489. The van der Waals surface area contributed by atoms with Crippen molar-refractivity contribution in [1.82, 2.24) is 15.1 Å². The average molecular weight is 300 g/mol. The van der Waals surface area contributed by atoms with Gasteiger partial charge in [-0.1, -0.05) is 24.6 Å². The Kier molecular flexibility index (Phi) is 4.73. The second kappa shape index (κ2) is 6.33. The van der Waals surface area contributed by atoms with Gasteiger partial charge in [0.1, 0.15) is 11.6 Å². The molecule has 2 rings (SSSR count). The van der Waals surface area contributed by atoms with Crippen LogP contribution >= 0.6 is 11.6 Å². The van der Waals surface area contributed by atoms with Crippen molar-refractivity contribution >= 4 is 11.6 Å². The van der Waals surface area contributed by atoms with E-state index in [1.165, 1.54) is 24.4 Å². The molecule has 1 aromatic heterocycles. The number of nitrogens with zero attached hydrogens (tertiary/aromatic N) is 2. The van der Waals surface area contributed by atoms with E-state index in [1.807, 2.05) is 6.92 Å². The van der Waals surface area contributed by atoms with Crippen molar-refractivity contribution in [2.75, 3.05) is 7.05 Å². The zero-order valence-electron chi connectivity index (χ0n) is 11.3. The van der Waals surface area contributed by atoms with Crippen molar-refractivity contribution < 1.29 is 8.78 Å². The van der Waals surface area contributed by atoms with Gasteiger partial charge in [-0.2, -0.15) is 5.10 Å². The summed E-state index contributed by atoms with van der Waals surface area (Å²) in [5, 5.41) is 7.47. The maximum Gasteiger partial charge on any atom is 0.131 e. The van der Waals surface area contributed by atoms with E-state index in [0.717, 1.165) is 6.42 Å². The Morgan fingerprint density at radius 2 is 2.00 bits per heavy atom. The highest BCUT2D eigenvalue weighted by molar-refractivity contribution is 6.31. The summed E-state index contributed by atoms with van der Waals surface area (Å²) in [7, 11) is 1.64. The average Bonchev–Trinajstić information content (AvgIpc) is 2.76. The van der Waals surface area contributed by atoms with E-state index in [-0.39, 0.29) is 5.56 Å². The number of benzene rings is 1. The fraction of sp³-hybridized carbons (Fsp3) is 0.357. The van der Waals surface area contributed by atoms with Gasteiger partial charge in [-0.25, -0.2) is 8.78 Å². The van der Waals surface area contributed by atoms with Crippen molar-refractivity contribution in [3.05, 3.63) is 52.3 Å². The van der Waals surface area contributed by atoms with E-state index in [1.54, 1.807) is 11.7 Å². The Balaban J connectivity index is 2.55. The summed E-state index contributed by atoms with van der Waals surface area (Å²) in [4.78, 5) is 0. The van der Waals surface area contributed by atoms with Crippen LogP contribution < -0.4 is 5.32 Å². The lowest BCUT2D eigenvalue weighted by atomic mass is 10.0. The molecule has 0 aliphatic carbocycles. The maximum atomic E-state index is 14.0. The number of hydrogen-bond acceptors (Lipinski definition) is 2. The number of aromatic nitrogens is 2. The molecular formula is C14H16ClF2N3. The largest absolute Gasteiger partial charge is 0.308 e. The van der Waals surface area contributed by atoms with E-state index < -0.39 is 17.7 Å². The summed E-state index contributed by atoms with van der Waals surface area (Å²) in [6, 6.07) is 3.12. The Bertz CT molecular complexity index is 578. The molecule has 0 aliphatic rings. The first-order chi connectivity index (χ1) is 9.60. The third-order valence-corrected chi connectivity index (χ3v) is 3.41. The highest BCUT2D eigenvalue weighted by Crippen LogP contribution is 2.31. The van der Waals surface area contributed by atoms with Crippen molar-refractivity contribution in [2.45, 2.75) is 25.9 Å². The molecule has 1 atom stereocenters. The number of rotatable bonds is 5. The van der Waals surface area contributed by atoms with Gasteiger partial charge in [0.15, 0.2) is 0 Å². The molecule has 0 fully saturated rings. The van der Waals surface area contributed by atoms with Gasteiger partial charge in [0.05, 0.1) is 23.0 Å². The molecule has 0 aliphatic heterocycles. The summed E-state index contributed by atoms with van der Waals surface area (Å²) in [6.07, 6.45) is 2.34. The zero-order chi connectivity index (χ0) is 14.7. The Labute approximate surface area is 121 Å². The molecule has 1 aromatic carbocycles. The molecule has 20 heavy (non-hydrogen) atoms. The highest BCUT2D eigenvalue weighted by atomic mass is 35.5. The Morgan fingerprint density at radius 1 is 1.35 bits per heavy atom. The molecule has 0 radical (unpaired) electrons. The predicted octanol–water partition coefficient (Wildman–Crippen LogP) is 3.53. The standard InChI is InChI=1S/C14H16ClF2N3/c1-3-7-20-14(9(15)8-19-20)13(18-2)12-10(16)5-4-6-11(12)17/h4-6,8,13,18H,3,7H2,1-2H3. The third-order valence-electron chi connectivity index (χ3n) is 3.12. The number of halogens is 3. The van der Waals surface area contributed by atoms with Crippen LogP contribution in [-0.4, -0.2) is 16.8 Å². The van der Waals surface area contributed by atoms with Gasteiger partial charge >= 0.3 is 0 Å². The van der Waals surface area contributed by atoms with Gasteiger partial charge in [0.2, 0.25) is 0 Å². The van der Waals surface area contributed by atoms with Crippen molar-refractivity contribution in [3.8, 4) is 0 Å². The van der Waals surface area contributed by atoms with Crippen LogP contribution in [0.5, 0.6) is 0 Å². The van der Waals surface area contributed by atoms with Gasteiger partial charge in [0, 0.05) is 12.1 Å². The van der Waals surface area contributed by atoms with Crippen LogP contribution in [0.15, 0.2) is 24.4 Å².